The average Bonchev–Trinajstić information content (AvgIpc) is 2.32. The Morgan fingerprint density at radius 2 is 1.75 bits per heavy atom. The SMILES string of the molecule is Nc1ccc(Oc2cccc(C=O)c2)cc1. The molecule has 2 aromatic rings. The highest BCUT2D eigenvalue weighted by Crippen LogP contribution is 2.22. The summed E-state index contributed by atoms with van der Waals surface area (Å²) in [5.74, 6) is 1.33. The third-order valence-corrected chi connectivity index (χ3v) is 2.11. The van der Waals surface area contributed by atoms with Gasteiger partial charge in [0, 0.05) is 11.3 Å². The zero-order valence-electron chi connectivity index (χ0n) is 8.59. The Morgan fingerprint density at radius 1 is 1.00 bits per heavy atom. The fourth-order valence-corrected chi connectivity index (χ4v) is 1.32. The molecule has 0 bridgehead atoms. The zero-order chi connectivity index (χ0) is 11.4. The number of hydrogen-bond donors (Lipinski definition) is 1. The predicted octanol–water partition coefficient (Wildman–Crippen LogP) is 2.87. The Balaban J connectivity index is 2.20. The van der Waals surface area contributed by atoms with E-state index in [2.05, 4.69) is 0 Å². The number of aldehydes is 1. The van der Waals surface area contributed by atoms with E-state index >= 15 is 0 Å². The molecule has 0 fully saturated rings. The summed E-state index contributed by atoms with van der Waals surface area (Å²) in [6.45, 7) is 0. The van der Waals surface area contributed by atoms with E-state index in [1.807, 2.05) is 0 Å². The largest absolute Gasteiger partial charge is 0.457 e. The van der Waals surface area contributed by atoms with Crippen LogP contribution >= 0.6 is 0 Å². The molecule has 80 valence electrons. The van der Waals surface area contributed by atoms with Crippen LogP contribution in [-0.4, -0.2) is 6.29 Å². The van der Waals surface area contributed by atoms with Gasteiger partial charge in [-0.05, 0) is 36.4 Å². The van der Waals surface area contributed by atoms with Gasteiger partial charge in [0.25, 0.3) is 0 Å². The molecule has 0 radical (unpaired) electrons. The van der Waals surface area contributed by atoms with Gasteiger partial charge in [-0.25, -0.2) is 0 Å². The van der Waals surface area contributed by atoms with Gasteiger partial charge < -0.3 is 10.5 Å². The van der Waals surface area contributed by atoms with Crippen molar-refractivity contribution >= 4 is 12.0 Å². The van der Waals surface area contributed by atoms with Crippen LogP contribution in [0.2, 0.25) is 0 Å². The lowest BCUT2D eigenvalue weighted by molar-refractivity contribution is 0.112. The second kappa shape index (κ2) is 4.49. The van der Waals surface area contributed by atoms with Crippen LogP contribution in [0.1, 0.15) is 10.4 Å². The van der Waals surface area contributed by atoms with Crippen molar-refractivity contribution in [1.29, 1.82) is 0 Å². The molecule has 3 heteroatoms. The number of carbonyl (C=O) groups is 1. The summed E-state index contributed by atoms with van der Waals surface area (Å²) >= 11 is 0. The molecule has 0 aliphatic heterocycles. The molecule has 0 aliphatic rings. The molecule has 0 saturated heterocycles. The van der Waals surface area contributed by atoms with E-state index in [0.29, 0.717) is 22.7 Å². The first-order chi connectivity index (χ1) is 7.78. The molecule has 0 saturated carbocycles. The van der Waals surface area contributed by atoms with Crippen molar-refractivity contribution in [1.82, 2.24) is 0 Å². The number of benzene rings is 2. The van der Waals surface area contributed by atoms with E-state index in [-0.39, 0.29) is 0 Å². The van der Waals surface area contributed by atoms with Gasteiger partial charge in [-0.15, -0.1) is 0 Å². The maximum Gasteiger partial charge on any atom is 0.150 e. The van der Waals surface area contributed by atoms with Gasteiger partial charge in [0.15, 0.2) is 0 Å². The van der Waals surface area contributed by atoms with Gasteiger partial charge in [0.1, 0.15) is 17.8 Å². The fraction of sp³-hybridized carbons (Fsp3) is 0. The second-order valence-corrected chi connectivity index (χ2v) is 3.36. The number of nitrogen functional groups attached to an aromatic ring is 1. The van der Waals surface area contributed by atoms with Gasteiger partial charge in [-0.3, -0.25) is 4.79 Å². The molecule has 0 unspecified atom stereocenters. The smallest absolute Gasteiger partial charge is 0.150 e. The third-order valence-electron chi connectivity index (χ3n) is 2.11. The van der Waals surface area contributed by atoms with Gasteiger partial charge in [0.2, 0.25) is 0 Å². The summed E-state index contributed by atoms with van der Waals surface area (Å²) in [5, 5.41) is 0. The highest BCUT2D eigenvalue weighted by atomic mass is 16.5. The maximum absolute atomic E-state index is 10.6. The molecule has 3 nitrogen and oxygen atoms in total. The van der Waals surface area contributed by atoms with E-state index < -0.39 is 0 Å². The van der Waals surface area contributed by atoms with Gasteiger partial charge in [-0.2, -0.15) is 0 Å². The van der Waals surface area contributed by atoms with Gasteiger partial charge >= 0.3 is 0 Å². The Morgan fingerprint density at radius 3 is 2.44 bits per heavy atom. The Labute approximate surface area is 93.5 Å². The molecular formula is C13H11NO2. The van der Waals surface area contributed by atoms with Gasteiger partial charge in [0.05, 0.1) is 0 Å². The summed E-state index contributed by atoms with van der Waals surface area (Å²) in [5.41, 5.74) is 6.84. The monoisotopic (exact) mass is 213 g/mol. The highest BCUT2D eigenvalue weighted by Gasteiger charge is 1.98. The van der Waals surface area contributed by atoms with Crippen LogP contribution in [-0.2, 0) is 0 Å². The molecule has 2 N–H and O–H groups in total. The van der Waals surface area contributed by atoms with Crippen molar-refractivity contribution in [2.45, 2.75) is 0 Å². The molecular weight excluding hydrogens is 202 g/mol. The molecule has 0 amide bonds. The minimum Gasteiger partial charge on any atom is -0.457 e. The summed E-state index contributed by atoms with van der Waals surface area (Å²) < 4.78 is 5.56. The quantitative estimate of drug-likeness (QED) is 0.630. The van der Waals surface area contributed by atoms with Crippen molar-refractivity contribution in [3.05, 3.63) is 54.1 Å². The lowest BCUT2D eigenvalue weighted by atomic mass is 10.2. The molecule has 0 heterocycles. The summed E-state index contributed by atoms with van der Waals surface area (Å²) in [6, 6.07) is 14.1. The van der Waals surface area contributed by atoms with Crippen LogP contribution in [0.5, 0.6) is 11.5 Å². The van der Waals surface area contributed by atoms with E-state index in [9.17, 15) is 4.79 Å². The van der Waals surface area contributed by atoms with Crippen molar-refractivity contribution in [3.8, 4) is 11.5 Å². The number of rotatable bonds is 3. The van der Waals surface area contributed by atoms with Crippen LogP contribution in [0.15, 0.2) is 48.5 Å². The Hall–Kier alpha value is -2.29. The minimum atomic E-state index is 0.591. The summed E-state index contributed by atoms with van der Waals surface area (Å²) in [6.07, 6.45) is 0.788. The predicted molar refractivity (Wildman–Crippen MR) is 62.8 cm³/mol. The molecule has 0 aliphatic carbocycles. The van der Waals surface area contributed by atoms with Crippen molar-refractivity contribution in [3.63, 3.8) is 0 Å². The number of nitrogens with two attached hydrogens (primary N) is 1. The van der Waals surface area contributed by atoms with E-state index in [1.54, 1.807) is 48.5 Å². The topological polar surface area (TPSA) is 52.3 Å². The zero-order valence-corrected chi connectivity index (χ0v) is 8.59. The summed E-state index contributed by atoms with van der Waals surface area (Å²) in [7, 11) is 0. The molecule has 0 aromatic heterocycles. The standard InChI is InChI=1S/C13H11NO2/c14-11-4-6-12(7-5-11)16-13-3-1-2-10(8-13)9-15/h1-9H,14H2. The molecule has 0 spiro atoms. The molecule has 16 heavy (non-hydrogen) atoms. The van der Waals surface area contributed by atoms with Gasteiger partial charge in [-0.1, -0.05) is 12.1 Å². The van der Waals surface area contributed by atoms with Crippen LogP contribution in [0.4, 0.5) is 5.69 Å². The first kappa shape index (κ1) is 10.2. The second-order valence-electron chi connectivity index (χ2n) is 3.36. The highest BCUT2D eigenvalue weighted by molar-refractivity contribution is 5.75. The maximum atomic E-state index is 10.6. The fourth-order valence-electron chi connectivity index (χ4n) is 1.32. The first-order valence-corrected chi connectivity index (χ1v) is 4.86. The van der Waals surface area contributed by atoms with Crippen LogP contribution < -0.4 is 10.5 Å². The number of carbonyl (C=O) groups excluding carboxylic acids is 1. The van der Waals surface area contributed by atoms with Crippen LogP contribution in [0.25, 0.3) is 0 Å². The summed E-state index contributed by atoms with van der Waals surface area (Å²) in [4.78, 5) is 10.6. The Bertz CT molecular complexity index is 492. The average molecular weight is 213 g/mol. The molecule has 2 rings (SSSR count). The molecule has 2 aromatic carbocycles. The van der Waals surface area contributed by atoms with Crippen molar-refractivity contribution < 1.29 is 9.53 Å². The van der Waals surface area contributed by atoms with E-state index in [0.717, 1.165) is 6.29 Å². The van der Waals surface area contributed by atoms with E-state index in [4.69, 9.17) is 10.5 Å². The normalized spacial score (nSPS) is 9.75. The number of ether oxygens (including phenoxy) is 1. The number of anilines is 1. The van der Waals surface area contributed by atoms with E-state index in [1.165, 1.54) is 0 Å². The number of hydrogen-bond acceptors (Lipinski definition) is 3. The third kappa shape index (κ3) is 2.39. The van der Waals surface area contributed by atoms with Crippen LogP contribution in [0.3, 0.4) is 0 Å². The molecule has 0 atom stereocenters. The lowest BCUT2D eigenvalue weighted by Gasteiger charge is -2.05. The first-order valence-electron chi connectivity index (χ1n) is 4.86. The minimum absolute atomic E-state index is 0.591. The van der Waals surface area contributed by atoms with Crippen LogP contribution in [0, 0.1) is 0 Å². The lowest BCUT2D eigenvalue weighted by Crippen LogP contribution is -1.87. The van der Waals surface area contributed by atoms with Crippen molar-refractivity contribution in [2.75, 3.05) is 5.73 Å². The van der Waals surface area contributed by atoms with Crippen molar-refractivity contribution in [2.24, 2.45) is 0 Å². The Kier molecular flexibility index (Phi) is 2.87.